The van der Waals surface area contributed by atoms with Gasteiger partial charge in [0.15, 0.2) is 0 Å². The van der Waals surface area contributed by atoms with Gasteiger partial charge in [0.1, 0.15) is 5.75 Å². The summed E-state index contributed by atoms with van der Waals surface area (Å²) in [5.41, 5.74) is 4.37. The van der Waals surface area contributed by atoms with Gasteiger partial charge >= 0.3 is 6.03 Å². The number of amides is 2. The van der Waals surface area contributed by atoms with E-state index < -0.39 is 0 Å². The maximum absolute atomic E-state index is 12.3. The molecule has 0 spiro atoms. The lowest BCUT2D eigenvalue weighted by Gasteiger charge is -2.15. The Kier molecular flexibility index (Phi) is 7.33. The zero-order chi connectivity index (χ0) is 18.1. The third-order valence-corrected chi connectivity index (χ3v) is 4.19. The second-order valence-corrected chi connectivity index (χ2v) is 5.83. The molecule has 0 bridgehead atoms. The number of anilines is 1. The van der Waals surface area contributed by atoms with Crippen LogP contribution in [-0.4, -0.2) is 19.2 Å². The lowest BCUT2D eigenvalue weighted by Crippen LogP contribution is -2.31. The van der Waals surface area contributed by atoms with Crippen molar-refractivity contribution in [2.75, 3.05) is 18.5 Å². The minimum atomic E-state index is -0.163. The number of rotatable bonds is 8. The Labute approximate surface area is 150 Å². The molecule has 4 nitrogen and oxygen atoms in total. The number of nitrogens with one attached hydrogen (secondary N) is 2. The van der Waals surface area contributed by atoms with Crippen LogP contribution in [0.25, 0.3) is 0 Å². The highest BCUT2D eigenvalue weighted by atomic mass is 16.5. The fraction of sp³-hybridized carbons (Fsp3) is 0.381. The lowest BCUT2D eigenvalue weighted by atomic mass is 10.0. The topological polar surface area (TPSA) is 50.4 Å². The van der Waals surface area contributed by atoms with Crippen molar-refractivity contribution in [3.63, 3.8) is 0 Å². The third kappa shape index (κ3) is 5.24. The van der Waals surface area contributed by atoms with E-state index in [1.807, 2.05) is 37.3 Å². The van der Waals surface area contributed by atoms with Crippen LogP contribution in [0.2, 0.25) is 0 Å². The van der Waals surface area contributed by atoms with Crippen molar-refractivity contribution < 1.29 is 9.53 Å². The van der Waals surface area contributed by atoms with Crippen LogP contribution in [0.1, 0.15) is 37.5 Å². The number of ether oxygens (including phenoxy) is 1. The van der Waals surface area contributed by atoms with E-state index in [9.17, 15) is 4.79 Å². The van der Waals surface area contributed by atoms with Crippen LogP contribution >= 0.6 is 0 Å². The second-order valence-electron chi connectivity index (χ2n) is 5.83. The third-order valence-electron chi connectivity index (χ3n) is 4.19. The van der Waals surface area contributed by atoms with Crippen molar-refractivity contribution in [1.29, 1.82) is 0 Å². The molecule has 0 aliphatic rings. The zero-order valence-corrected chi connectivity index (χ0v) is 15.4. The van der Waals surface area contributed by atoms with Crippen molar-refractivity contribution in [3.05, 3.63) is 59.2 Å². The van der Waals surface area contributed by atoms with Gasteiger partial charge in [-0.05, 0) is 48.9 Å². The SMILES string of the molecule is CCOc1ccccc1CCNC(=O)Nc1c(CC)cccc1CC. The van der Waals surface area contributed by atoms with E-state index in [1.165, 1.54) is 0 Å². The molecule has 0 saturated carbocycles. The summed E-state index contributed by atoms with van der Waals surface area (Å²) in [6.07, 6.45) is 2.52. The zero-order valence-electron chi connectivity index (χ0n) is 15.4. The van der Waals surface area contributed by atoms with E-state index in [0.29, 0.717) is 13.2 Å². The molecule has 2 N–H and O–H groups in total. The normalized spacial score (nSPS) is 10.4. The molecule has 4 heteroatoms. The van der Waals surface area contributed by atoms with Crippen LogP contribution in [0.4, 0.5) is 10.5 Å². The largest absolute Gasteiger partial charge is 0.494 e. The average Bonchev–Trinajstić information content (AvgIpc) is 2.63. The minimum absolute atomic E-state index is 0.163. The molecule has 0 fully saturated rings. The Morgan fingerprint density at radius 2 is 1.56 bits per heavy atom. The van der Waals surface area contributed by atoms with Gasteiger partial charge < -0.3 is 15.4 Å². The number of hydrogen-bond donors (Lipinski definition) is 2. The fourth-order valence-corrected chi connectivity index (χ4v) is 2.88. The Hall–Kier alpha value is -2.49. The Bertz CT molecular complexity index is 676. The first-order valence-corrected chi connectivity index (χ1v) is 9.05. The van der Waals surface area contributed by atoms with Crippen LogP contribution in [0, 0.1) is 0 Å². The molecule has 2 aromatic rings. The smallest absolute Gasteiger partial charge is 0.319 e. The number of urea groups is 1. The number of carbonyl (C=O) groups is 1. The molecule has 2 rings (SSSR count). The molecular weight excluding hydrogens is 312 g/mol. The lowest BCUT2D eigenvalue weighted by molar-refractivity contribution is 0.252. The Balaban J connectivity index is 1.94. The number of hydrogen-bond acceptors (Lipinski definition) is 2. The van der Waals surface area contributed by atoms with Crippen LogP contribution in [-0.2, 0) is 19.3 Å². The van der Waals surface area contributed by atoms with Crippen LogP contribution in [0.15, 0.2) is 42.5 Å². The van der Waals surface area contributed by atoms with E-state index in [1.54, 1.807) is 0 Å². The van der Waals surface area contributed by atoms with E-state index in [4.69, 9.17) is 4.74 Å². The van der Waals surface area contributed by atoms with Crippen LogP contribution in [0.5, 0.6) is 5.75 Å². The first-order chi connectivity index (χ1) is 12.2. The highest BCUT2D eigenvalue weighted by molar-refractivity contribution is 5.91. The summed E-state index contributed by atoms with van der Waals surface area (Å²) in [4.78, 5) is 12.3. The molecule has 25 heavy (non-hydrogen) atoms. The number of aryl methyl sites for hydroxylation is 2. The molecule has 0 unspecified atom stereocenters. The highest BCUT2D eigenvalue weighted by Gasteiger charge is 2.10. The summed E-state index contributed by atoms with van der Waals surface area (Å²) in [6, 6.07) is 14.0. The number of carbonyl (C=O) groups excluding carboxylic acids is 1. The monoisotopic (exact) mass is 340 g/mol. The van der Waals surface area contributed by atoms with Gasteiger partial charge in [-0.25, -0.2) is 4.79 Å². The number of benzene rings is 2. The predicted octanol–water partition coefficient (Wildman–Crippen LogP) is 4.57. The van der Waals surface area contributed by atoms with Crippen LogP contribution < -0.4 is 15.4 Å². The van der Waals surface area contributed by atoms with E-state index in [-0.39, 0.29) is 6.03 Å². The van der Waals surface area contributed by atoms with Gasteiger partial charge in [-0.2, -0.15) is 0 Å². The van der Waals surface area contributed by atoms with Gasteiger partial charge in [-0.1, -0.05) is 50.2 Å². The molecule has 0 radical (unpaired) electrons. The maximum Gasteiger partial charge on any atom is 0.319 e. The standard InChI is InChI=1S/C21H28N2O2/c1-4-16-11-9-12-17(5-2)20(16)23-21(24)22-15-14-18-10-7-8-13-19(18)25-6-3/h7-13H,4-6,14-15H2,1-3H3,(H2,22,23,24). The van der Waals surface area contributed by atoms with Gasteiger partial charge in [-0.3, -0.25) is 0 Å². The average molecular weight is 340 g/mol. The van der Waals surface area contributed by atoms with Crippen molar-refractivity contribution in [2.24, 2.45) is 0 Å². The molecule has 134 valence electrons. The van der Waals surface area contributed by atoms with Gasteiger partial charge in [0.25, 0.3) is 0 Å². The second kappa shape index (κ2) is 9.72. The quantitative estimate of drug-likeness (QED) is 0.739. The van der Waals surface area contributed by atoms with Gasteiger partial charge in [0, 0.05) is 12.2 Å². The maximum atomic E-state index is 12.3. The summed E-state index contributed by atoms with van der Waals surface area (Å²) < 4.78 is 5.62. The van der Waals surface area contributed by atoms with Crippen LogP contribution in [0.3, 0.4) is 0 Å². The Morgan fingerprint density at radius 1 is 0.920 bits per heavy atom. The van der Waals surface area contributed by atoms with E-state index in [0.717, 1.165) is 47.4 Å². The predicted molar refractivity (Wildman–Crippen MR) is 104 cm³/mol. The molecule has 0 saturated heterocycles. The first kappa shape index (κ1) is 18.8. The summed E-state index contributed by atoms with van der Waals surface area (Å²) in [5, 5.41) is 5.97. The minimum Gasteiger partial charge on any atom is -0.494 e. The summed E-state index contributed by atoms with van der Waals surface area (Å²) in [7, 11) is 0. The molecule has 0 aromatic heterocycles. The summed E-state index contributed by atoms with van der Waals surface area (Å²) in [5.74, 6) is 0.886. The highest BCUT2D eigenvalue weighted by Crippen LogP contribution is 2.22. The van der Waals surface area contributed by atoms with Gasteiger partial charge in [-0.15, -0.1) is 0 Å². The Morgan fingerprint density at radius 3 is 2.20 bits per heavy atom. The van der Waals surface area contributed by atoms with E-state index in [2.05, 4.69) is 36.6 Å². The van der Waals surface area contributed by atoms with Gasteiger partial charge in [0.05, 0.1) is 6.61 Å². The molecular formula is C21H28N2O2. The summed E-state index contributed by atoms with van der Waals surface area (Å²) >= 11 is 0. The van der Waals surface area contributed by atoms with Crippen molar-refractivity contribution in [3.8, 4) is 5.75 Å². The summed E-state index contributed by atoms with van der Waals surface area (Å²) in [6.45, 7) is 7.37. The van der Waals surface area contributed by atoms with Gasteiger partial charge in [0.2, 0.25) is 0 Å². The molecule has 0 aliphatic carbocycles. The fourth-order valence-electron chi connectivity index (χ4n) is 2.88. The molecule has 2 aromatic carbocycles. The van der Waals surface area contributed by atoms with Crippen molar-refractivity contribution in [2.45, 2.75) is 40.0 Å². The molecule has 0 aliphatic heterocycles. The molecule has 0 atom stereocenters. The molecule has 2 amide bonds. The van der Waals surface area contributed by atoms with E-state index >= 15 is 0 Å². The number of para-hydroxylation sites is 2. The van der Waals surface area contributed by atoms with Crippen molar-refractivity contribution >= 4 is 11.7 Å². The molecule has 0 heterocycles. The van der Waals surface area contributed by atoms with Crippen molar-refractivity contribution in [1.82, 2.24) is 5.32 Å². The first-order valence-electron chi connectivity index (χ1n) is 9.05.